The van der Waals surface area contributed by atoms with Crippen LogP contribution in [0, 0.1) is 5.41 Å². The van der Waals surface area contributed by atoms with Crippen molar-refractivity contribution >= 4 is 22.0 Å². The van der Waals surface area contributed by atoms with E-state index in [-0.39, 0.29) is 5.91 Å². The van der Waals surface area contributed by atoms with Gasteiger partial charge in [0, 0.05) is 19.3 Å². The first kappa shape index (κ1) is 14.3. The number of aromatic nitrogens is 1. The van der Waals surface area contributed by atoms with Gasteiger partial charge >= 0.3 is 0 Å². The summed E-state index contributed by atoms with van der Waals surface area (Å²) in [6.45, 7) is 0.635. The third-order valence-electron chi connectivity index (χ3n) is 4.11. The zero-order valence-corrected chi connectivity index (χ0v) is 12.4. The molecule has 3 heterocycles. The fourth-order valence-electron chi connectivity index (χ4n) is 2.90. The van der Waals surface area contributed by atoms with Crippen LogP contribution in [0.25, 0.3) is 0 Å². The molecule has 2 aliphatic heterocycles. The van der Waals surface area contributed by atoms with Gasteiger partial charge in [-0.1, -0.05) is 10.3 Å². The number of rotatable bonds is 2. The van der Waals surface area contributed by atoms with Crippen LogP contribution in [0.2, 0.25) is 0 Å². The highest BCUT2D eigenvalue weighted by Crippen LogP contribution is 2.39. The molecule has 1 N–H and O–H groups in total. The van der Waals surface area contributed by atoms with E-state index < -0.39 is 15.8 Å². The number of sulfonamides is 1. The third-order valence-corrected chi connectivity index (χ3v) is 5.41. The van der Waals surface area contributed by atoms with Crippen LogP contribution in [-0.4, -0.2) is 44.8 Å². The Hall–Kier alpha value is -1.64. The van der Waals surface area contributed by atoms with Gasteiger partial charge in [0.1, 0.15) is 22.4 Å². The number of piperidine rings is 1. The van der Waals surface area contributed by atoms with Crippen molar-refractivity contribution in [3.05, 3.63) is 30.1 Å². The van der Waals surface area contributed by atoms with E-state index in [1.54, 1.807) is 12.3 Å². The van der Waals surface area contributed by atoms with Gasteiger partial charge in [0.05, 0.1) is 11.1 Å². The van der Waals surface area contributed by atoms with E-state index in [2.05, 4.69) is 15.5 Å². The number of nitrogens with zero attached hydrogens (tertiary/aromatic N) is 3. The Balaban J connectivity index is 1.89. The molecule has 1 amide bonds. The van der Waals surface area contributed by atoms with E-state index in [1.807, 2.05) is 12.1 Å². The maximum atomic E-state index is 12.3. The van der Waals surface area contributed by atoms with E-state index in [9.17, 15) is 13.6 Å². The number of pyridine rings is 1. The summed E-state index contributed by atoms with van der Waals surface area (Å²) in [5.74, 6) is -0.170. The molecule has 2 aliphatic rings. The Labute approximate surface area is 123 Å². The Morgan fingerprint density at radius 2 is 2.10 bits per heavy atom. The molecule has 1 spiro atoms. The van der Waals surface area contributed by atoms with Crippen molar-refractivity contribution in [3.8, 4) is 0 Å². The normalized spacial score (nSPS) is 24.5. The minimum absolute atomic E-state index is 0.170. The van der Waals surface area contributed by atoms with Crippen LogP contribution in [0.4, 0.5) is 0 Å². The number of hydrogen-bond acceptors (Lipinski definition) is 5. The molecule has 0 radical (unpaired) electrons. The quantitative estimate of drug-likeness (QED) is 0.788. The molecule has 1 atom stereocenters. The minimum atomic E-state index is -3.23. The van der Waals surface area contributed by atoms with Crippen LogP contribution in [0.3, 0.4) is 0 Å². The summed E-state index contributed by atoms with van der Waals surface area (Å²) < 4.78 is 24.6. The number of amides is 1. The number of nitrogens with one attached hydrogen (secondary N) is 1. The first-order valence-electron chi connectivity index (χ1n) is 6.69. The van der Waals surface area contributed by atoms with Crippen molar-refractivity contribution in [3.63, 3.8) is 0 Å². The fraction of sp³-hybridized carbons (Fsp3) is 0.462. The lowest BCUT2D eigenvalue weighted by atomic mass is 9.73. The molecular weight excluding hydrogens is 292 g/mol. The van der Waals surface area contributed by atoms with E-state index in [0.717, 1.165) is 0 Å². The van der Waals surface area contributed by atoms with Crippen LogP contribution < -0.4 is 5.43 Å². The lowest BCUT2D eigenvalue weighted by molar-refractivity contribution is -0.127. The number of hydrazone groups is 1. The number of hydrogen-bond donors (Lipinski definition) is 1. The molecule has 1 unspecified atom stereocenters. The number of carbonyl (C=O) groups is 1. The van der Waals surface area contributed by atoms with Crippen molar-refractivity contribution in [2.24, 2.45) is 10.5 Å². The van der Waals surface area contributed by atoms with Crippen LogP contribution in [0.1, 0.15) is 18.5 Å². The smallest absolute Gasteiger partial charge is 0.252 e. The van der Waals surface area contributed by atoms with Gasteiger partial charge in [-0.05, 0) is 25.0 Å². The molecule has 7 nitrogen and oxygen atoms in total. The monoisotopic (exact) mass is 308 g/mol. The molecule has 0 saturated carbocycles. The average Bonchev–Trinajstić information content (AvgIpc) is 2.77. The Morgan fingerprint density at radius 3 is 2.67 bits per heavy atom. The van der Waals surface area contributed by atoms with Gasteiger partial charge in [-0.15, -0.1) is 4.31 Å². The predicted octanol–water partition coefficient (Wildman–Crippen LogP) is 0.172. The van der Waals surface area contributed by atoms with Crippen molar-refractivity contribution in [2.75, 3.05) is 19.3 Å². The second kappa shape index (κ2) is 4.97. The summed E-state index contributed by atoms with van der Waals surface area (Å²) in [6.07, 6.45) is 3.68. The molecule has 1 saturated heterocycles. The summed E-state index contributed by atoms with van der Waals surface area (Å²) in [5, 5.41) is 4.14. The fourth-order valence-corrected chi connectivity index (χ4v) is 3.74. The molecule has 1 fully saturated rings. The van der Waals surface area contributed by atoms with Gasteiger partial charge in [-0.3, -0.25) is 9.78 Å². The summed E-state index contributed by atoms with van der Waals surface area (Å²) in [7, 11) is -3.23. The van der Waals surface area contributed by atoms with Crippen molar-refractivity contribution < 1.29 is 13.6 Å². The Morgan fingerprint density at radius 1 is 1.38 bits per heavy atom. The molecule has 0 bridgehead atoms. The maximum absolute atomic E-state index is 12.3. The standard InChI is InChI=1S/C13H16N4O3S/c1-21(19,20)17-8-5-13(6-9-17)11(15-16-12(13)18)10-4-2-3-7-14-10/h2-4,7H,5-6,8-9H2,1H3,(H-,14,16,18,19,20). The Bertz CT molecular complexity index is 632. The molecule has 21 heavy (non-hydrogen) atoms. The van der Waals surface area contributed by atoms with Crippen LogP contribution in [0.15, 0.2) is 29.5 Å². The second-order valence-electron chi connectivity index (χ2n) is 5.36. The summed E-state index contributed by atoms with van der Waals surface area (Å²) >= 11 is 0. The zero-order chi connectivity index (χ0) is 15.1. The molecule has 8 heteroatoms. The highest BCUT2D eigenvalue weighted by Gasteiger charge is 2.51. The molecule has 0 aromatic carbocycles. The minimum Gasteiger partial charge on any atom is -0.598 e. The molecular formula is C13H16N4O3S. The molecule has 0 aliphatic carbocycles. The maximum Gasteiger partial charge on any atom is 0.252 e. The summed E-state index contributed by atoms with van der Waals surface area (Å²) in [5.41, 5.74) is 3.02. The van der Waals surface area contributed by atoms with Crippen molar-refractivity contribution in [1.29, 1.82) is 0 Å². The highest BCUT2D eigenvalue weighted by atomic mass is 32.3. The van der Waals surface area contributed by atoms with E-state index in [4.69, 9.17) is 0 Å². The van der Waals surface area contributed by atoms with Gasteiger partial charge < -0.3 is 4.55 Å². The van der Waals surface area contributed by atoms with Crippen molar-refractivity contribution in [1.82, 2.24) is 14.7 Å². The average molecular weight is 308 g/mol. The van der Waals surface area contributed by atoms with Crippen molar-refractivity contribution in [2.45, 2.75) is 12.8 Å². The molecule has 1 aromatic heterocycles. The first-order valence-corrected chi connectivity index (χ1v) is 8.53. The van der Waals surface area contributed by atoms with Crippen LogP contribution in [-0.2, 0) is 19.4 Å². The van der Waals surface area contributed by atoms with E-state index in [0.29, 0.717) is 37.3 Å². The lowest BCUT2D eigenvalue weighted by Crippen LogP contribution is -2.51. The first-order chi connectivity index (χ1) is 9.93. The van der Waals surface area contributed by atoms with Gasteiger partial charge in [0.15, 0.2) is 0 Å². The molecule has 112 valence electrons. The molecule has 3 rings (SSSR count). The second-order valence-corrected chi connectivity index (χ2v) is 7.34. The van der Waals surface area contributed by atoms with E-state index in [1.165, 1.54) is 10.6 Å². The number of carbonyl (C=O) groups excluding carboxylic acids is 1. The van der Waals surface area contributed by atoms with Crippen LogP contribution in [0.5, 0.6) is 0 Å². The van der Waals surface area contributed by atoms with Crippen LogP contribution >= 0.6 is 0 Å². The van der Waals surface area contributed by atoms with Gasteiger partial charge in [0.25, 0.3) is 5.91 Å². The molecule has 1 aromatic rings. The summed E-state index contributed by atoms with van der Waals surface area (Å²) in [4.78, 5) is 16.5. The lowest BCUT2D eigenvalue weighted by Gasteiger charge is -2.37. The van der Waals surface area contributed by atoms with Gasteiger partial charge in [-0.25, -0.2) is 5.43 Å². The topological polar surface area (TPSA) is 97.7 Å². The van der Waals surface area contributed by atoms with Gasteiger partial charge in [0.2, 0.25) is 0 Å². The highest BCUT2D eigenvalue weighted by molar-refractivity contribution is 7.94. The largest absolute Gasteiger partial charge is 0.598 e. The zero-order valence-electron chi connectivity index (χ0n) is 11.6. The van der Waals surface area contributed by atoms with Gasteiger partial charge in [-0.2, -0.15) is 5.10 Å². The predicted molar refractivity (Wildman–Crippen MR) is 76.9 cm³/mol. The SMILES string of the molecule is C[S+](=O)([O-])N1CCC2(CC1)C(=O)NN=C2c1ccccn1. The van der Waals surface area contributed by atoms with E-state index >= 15 is 0 Å². The third kappa shape index (κ3) is 2.39. The Kier molecular flexibility index (Phi) is 3.39. The summed E-state index contributed by atoms with van der Waals surface area (Å²) in [6, 6.07) is 5.45.